The third kappa shape index (κ3) is 3.63. The van der Waals surface area contributed by atoms with Gasteiger partial charge in [-0.2, -0.15) is 0 Å². The molecule has 1 aliphatic carbocycles. The summed E-state index contributed by atoms with van der Waals surface area (Å²) in [7, 11) is 0. The van der Waals surface area contributed by atoms with Gasteiger partial charge in [0.05, 0.1) is 12.0 Å². The second-order valence-electron chi connectivity index (χ2n) is 5.59. The highest BCUT2D eigenvalue weighted by Gasteiger charge is 2.45. The predicted molar refractivity (Wildman–Crippen MR) is 84.1 cm³/mol. The summed E-state index contributed by atoms with van der Waals surface area (Å²) in [5.74, 6) is -0.565. The van der Waals surface area contributed by atoms with Crippen molar-refractivity contribution in [1.82, 2.24) is 4.90 Å². The second-order valence-corrected chi connectivity index (χ2v) is 6.51. The van der Waals surface area contributed by atoms with Gasteiger partial charge in [-0.05, 0) is 30.5 Å². The SMILES string of the molecule is NCC1(C(=O)N(CC(N)=O)Cc2ccc(Br)cc2)CCC1. The van der Waals surface area contributed by atoms with E-state index in [4.69, 9.17) is 11.5 Å². The van der Waals surface area contributed by atoms with Gasteiger partial charge in [-0.25, -0.2) is 0 Å². The molecule has 0 atom stereocenters. The van der Waals surface area contributed by atoms with E-state index in [1.807, 2.05) is 24.3 Å². The molecule has 6 heteroatoms. The van der Waals surface area contributed by atoms with E-state index in [1.165, 1.54) is 4.90 Å². The minimum Gasteiger partial charge on any atom is -0.368 e. The summed E-state index contributed by atoms with van der Waals surface area (Å²) in [6.45, 7) is 0.620. The van der Waals surface area contributed by atoms with E-state index in [1.54, 1.807) is 0 Å². The molecule has 1 aliphatic rings. The monoisotopic (exact) mass is 353 g/mol. The van der Waals surface area contributed by atoms with Gasteiger partial charge in [0, 0.05) is 17.6 Å². The van der Waals surface area contributed by atoms with Crippen LogP contribution in [0.5, 0.6) is 0 Å². The van der Waals surface area contributed by atoms with Crippen LogP contribution in [0.25, 0.3) is 0 Å². The molecule has 0 saturated heterocycles. The summed E-state index contributed by atoms with van der Waals surface area (Å²) in [6, 6.07) is 7.65. The summed E-state index contributed by atoms with van der Waals surface area (Å²) < 4.78 is 0.969. The van der Waals surface area contributed by atoms with Crippen molar-refractivity contribution in [3.8, 4) is 0 Å². The smallest absolute Gasteiger partial charge is 0.237 e. The van der Waals surface area contributed by atoms with Crippen LogP contribution in [0.1, 0.15) is 24.8 Å². The molecule has 1 aromatic carbocycles. The van der Waals surface area contributed by atoms with Crippen molar-refractivity contribution in [3.63, 3.8) is 0 Å². The Morgan fingerprint density at radius 2 is 1.86 bits per heavy atom. The van der Waals surface area contributed by atoms with Gasteiger partial charge in [0.1, 0.15) is 0 Å². The van der Waals surface area contributed by atoms with Gasteiger partial charge in [-0.3, -0.25) is 9.59 Å². The molecular formula is C15H20BrN3O2. The number of carbonyl (C=O) groups excluding carboxylic acids is 2. The third-order valence-electron chi connectivity index (χ3n) is 4.08. The zero-order valence-corrected chi connectivity index (χ0v) is 13.4. The highest BCUT2D eigenvalue weighted by atomic mass is 79.9. The van der Waals surface area contributed by atoms with E-state index in [0.29, 0.717) is 13.1 Å². The van der Waals surface area contributed by atoms with E-state index >= 15 is 0 Å². The van der Waals surface area contributed by atoms with Crippen LogP contribution in [-0.4, -0.2) is 29.8 Å². The molecule has 0 unspecified atom stereocenters. The molecule has 1 aromatic rings. The first-order chi connectivity index (χ1) is 9.97. The van der Waals surface area contributed by atoms with Gasteiger partial charge in [-0.15, -0.1) is 0 Å². The lowest BCUT2D eigenvalue weighted by Crippen LogP contribution is -2.53. The molecule has 21 heavy (non-hydrogen) atoms. The molecule has 5 nitrogen and oxygen atoms in total. The second kappa shape index (κ2) is 6.58. The third-order valence-corrected chi connectivity index (χ3v) is 4.60. The average Bonchev–Trinajstić information content (AvgIpc) is 2.39. The molecule has 0 spiro atoms. The Bertz CT molecular complexity index is 521. The number of halogens is 1. The largest absolute Gasteiger partial charge is 0.368 e. The van der Waals surface area contributed by atoms with Gasteiger partial charge in [0.15, 0.2) is 0 Å². The van der Waals surface area contributed by atoms with Gasteiger partial charge in [-0.1, -0.05) is 34.5 Å². The fourth-order valence-electron chi connectivity index (χ4n) is 2.64. The maximum Gasteiger partial charge on any atom is 0.237 e. The number of benzene rings is 1. The molecule has 2 rings (SSSR count). The van der Waals surface area contributed by atoms with Crippen molar-refractivity contribution in [2.75, 3.05) is 13.1 Å². The van der Waals surface area contributed by atoms with E-state index in [2.05, 4.69) is 15.9 Å². The first-order valence-electron chi connectivity index (χ1n) is 6.99. The molecule has 0 heterocycles. The van der Waals surface area contributed by atoms with Gasteiger partial charge in [0.25, 0.3) is 0 Å². The maximum atomic E-state index is 12.7. The van der Waals surface area contributed by atoms with Crippen molar-refractivity contribution >= 4 is 27.7 Å². The van der Waals surface area contributed by atoms with Crippen LogP contribution in [0, 0.1) is 5.41 Å². The summed E-state index contributed by atoms with van der Waals surface area (Å²) in [4.78, 5) is 25.5. The fraction of sp³-hybridized carbons (Fsp3) is 0.467. The predicted octanol–water partition coefficient (Wildman–Crippen LogP) is 1.39. The number of rotatable bonds is 6. The van der Waals surface area contributed by atoms with Gasteiger partial charge >= 0.3 is 0 Å². The first kappa shape index (κ1) is 16.0. The van der Waals surface area contributed by atoms with Crippen LogP contribution >= 0.6 is 15.9 Å². The number of nitrogens with zero attached hydrogens (tertiary/aromatic N) is 1. The lowest BCUT2D eigenvalue weighted by atomic mass is 9.67. The van der Waals surface area contributed by atoms with Crippen molar-refractivity contribution < 1.29 is 9.59 Å². The molecule has 2 amide bonds. The van der Waals surface area contributed by atoms with Crippen LogP contribution < -0.4 is 11.5 Å². The molecule has 0 aromatic heterocycles. The van der Waals surface area contributed by atoms with E-state index in [0.717, 1.165) is 29.3 Å². The van der Waals surface area contributed by atoms with Crippen molar-refractivity contribution in [3.05, 3.63) is 34.3 Å². The molecule has 4 N–H and O–H groups in total. The van der Waals surface area contributed by atoms with Gasteiger partial charge < -0.3 is 16.4 Å². The molecule has 0 radical (unpaired) electrons. The highest BCUT2D eigenvalue weighted by Crippen LogP contribution is 2.41. The Hall–Kier alpha value is -1.40. The number of hydrogen-bond acceptors (Lipinski definition) is 3. The first-order valence-corrected chi connectivity index (χ1v) is 7.78. The molecule has 114 valence electrons. The zero-order chi connectivity index (χ0) is 15.5. The van der Waals surface area contributed by atoms with E-state index in [9.17, 15) is 9.59 Å². The fourth-order valence-corrected chi connectivity index (χ4v) is 2.91. The summed E-state index contributed by atoms with van der Waals surface area (Å²) in [5.41, 5.74) is 11.5. The average molecular weight is 354 g/mol. The van der Waals surface area contributed by atoms with E-state index in [-0.39, 0.29) is 12.5 Å². The molecule has 1 saturated carbocycles. The number of nitrogens with two attached hydrogens (primary N) is 2. The summed E-state index contributed by atoms with van der Waals surface area (Å²) in [5, 5.41) is 0. The van der Waals surface area contributed by atoms with E-state index < -0.39 is 11.3 Å². The van der Waals surface area contributed by atoms with Gasteiger partial charge in [0.2, 0.25) is 11.8 Å². The minimum absolute atomic E-state index is 0.0574. The Balaban J connectivity index is 2.15. The van der Waals surface area contributed by atoms with Crippen molar-refractivity contribution in [2.24, 2.45) is 16.9 Å². The summed E-state index contributed by atoms with van der Waals surface area (Å²) in [6.07, 6.45) is 2.58. The Labute approximate surface area is 132 Å². The minimum atomic E-state index is -0.507. The maximum absolute atomic E-state index is 12.7. The molecule has 1 fully saturated rings. The van der Waals surface area contributed by atoms with Crippen molar-refractivity contribution in [1.29, 1.82) is 0 Å². The van der Waals surface area contributed by atoms with Crippen LogP contribution in [0.15, 0.2) is 28.7 Å². The Morgan fingerprint density at radius 1 is 1.24 bits per heavy atom. The molecule has 0 aliphatic heterocycles. The number of amides is 2. The number of carbonyl (C=O) groups is 2. The summed E-state index contributed by atoms with van der Waals surface area (Å²) >= 11 is 3.37. The number of hydrogen-bond donors (Lipinski definition) is 2. The number of primary amides is 1. The normalized spacial score (nSPS) is 16.1. The molecular weight excluding hydrogens is 334 g/mol. The quantitative estimate of drug-likeness (QED) is 0.809. The lowest BCUT2D eigenvalue weighted by Gasteiger charge is -2.42. The topological polar surface area (TPSA) is 89.4 Å². The van der Waals surface area contributed by atoms with Crippen LogP contribution in [0.3, 0.4) is 0 Å². The molecule has 0 bridgehead atoms. The standard InChI is InChI=1S/C15H20BrN3O2/c16-12-4-2-11(3-5-12)8-19(9-13(18)20)14(21)15(10-17)6-1-7-15/h2-5H,1,6-10,17H2,(H2,18,20). The van der Waals surface area contributed by atoms with Crippen LogP contribution in [0.2, 0.25) is 0 Å². The highest BCUT2D eigenvalue weighted by molar-refractivity contribution is 9.10. The Morgan fingerprint density at radius 3 is 2.29 bits per heavy atom. The van der Waals surface area contributed by atoms with Crippen LogP contribution in [0.4, 0.5) is 0 Å². The Kier molecular flexibility index (Phi) is 5.00. The van der Waals surface area contributed by atoms with Crippen LogP contribution in [-0.2, 0) is 16.1 Å². The lowest BCUT2D eigenvalue weighted by molar-refractivity contribution is -0.149. The zero-order valence-electron chi connectivity index (χ0n) is 11.8. The van der Waals surface area contributed by atoms with Crippen molar-refractivity contribution in [2.45, 2.75) is 25.8 Å².